The van der Waals surface area contributed by atoms with E-state index >= 15 is 0 Å². The molecule has 4 rings (SSSR count). The summed E-state index contributed by atoms with van der Waals surface area (Å²) in [6, 6.07) is 0. The molecule has 0 aromatic heterocycles. The van der Waals surface area contributed by atoms with Crippen LogP contribution < -0.4 is 0 Å². The minimum absolute atomic E-state index is 0.294. The van der Waals surface area contributed by atoms with Crippen LogP contribution in [0.25, 0.3) is 0 Å². The van der Waals surface area contributed by atoms with E-state index in [1.807, 2.05) is 0 Å². The second-order valence-electron chi connectivity index (χ2n) is 15.5. The van der Waals surface area contributed by atoms with Crippen LogP contribution >= 0.6 is 0 Å². The van der Waals surface area contributed by atoms with Crippen molar-refractivity contribution in [3.05, 3.63) is 11.6 Å². The van der Waals surface area contributed by atoms with E-state index in [0.29, 0.717) is 28.1 Å². The smallest absolute Gasteiger partial charge is 0.192 e. The van der Waals surface area contributed by atoms with Gasteiger partial charge in [-0.15, -0.1) is 0 Å². The van der Waals surface area contributed by atoms with E-state index in [1.165, 1.54) is 57.8 Å². The van der Waals surface area contributed by atoms with Gasteiger partial charge in [-0.2, -0.15) is 0 Å². The van der Waals surface area contributed by atoms with Crippen molar-refractivity contribution in [2.75, 3.05) is 6.61 Å². The van der Waals surface area contributed by atoms with Crippen molar-refractivity contribution in [3.8, 4) is 0 Å². The third-order valence-electron chi connectivity index (χ3n) is 12.0. The second-order valence-corrected chi connectivity index (χ2v) is 20.2. The summed E-state index contributed by atoms with van der Waals surface area (Å²) in [5.74, 6) is 4.13. The molecule has 2 nitrogen and oxygen atoms in total. The van der Waals surface area contributed by atoms with Gasteiger partial charge in [0.2, 0.25) is 0 Å². The third kappa shape index (κ3) is 5.13. The molecule has 3 saturated carbocycles. The Morgan fingerprint density at radius 3 is 2.37 bits per heavy atom. The molecule has 0 aromatic rings. The molecule has 0 bridgehead atoms. The van der Waals surface area contributed by atoms with Crippen LogP contribution in [0.3, 0.4) is 0 Å². The zero-order valence-corrected chi connectivity index (χ0v) is 26.0. The van der Waals surface area contributed by atoms with Gasteiger partial charge in [-0.25, -0.2) is 0 Å². The average molecular weight is 503 g/mol. The molecule has 0 amide bonds. The highest BCUT2D eigenvalue weighted by molar-refractivity contribution is 6.74. The van der Waals surface area contributed by atoms with Gasteiger partial charge in [-0.05, 0) is 123 Å². The van der Waals surface area contributed by atoms with E-state index in [-0.39, 0.29) is 0 Å². The Bertz CT molecular complexity index is 779. The summed E-state index contributed by atoms with van der Waals surface area (Å²) in [5, 5.41) is 0.294. The monoisotopic (exact) mass is 502 g/mol. The molecule has 202 valence electrons. The maximum Gasteiger partial charge on any atom is 0.192 e. The Morgan fingerprint density at radius 2 is 1.71 bits per heavy atom. The van der Waals surface area contributed by atoms with E-state index in [2.05, 4.69) is 74.6 Å². The highest BCUT2D eigenvalue weighted by Crippen LogP contribution is 2.67. The molecule has 35 heavy (non-hydrogen) atoms. The predicted molar refractivity (Wildman–Crippen MR) is 152 cm³/mol. The second kappa shape index (κ2) is 9.88. The summed E-state index contributed by atoms with van der Waals surface area (Å²) in [5.41, 5.74) is 2.65. The molecule has 0 spiro atoms. The summed E-state index contributed by atoms with van der Waals surface area (Å²) in [4.78, 5) is 0. The Balaban J connectivity index is 1.45. The molecule has 4 aliphatic rings. The van der Waals surface area contributed by atoms with Crippen LogP contribution in [0.4, 0.5) is 0 Å². The van der Waals surface area contributed by atoms with E-state index in [1.54, 1.807) is 5.57 Å². The first kappa shape index (κ1) is 27.9. The lowest BCUT2D eigenvalue weighted by atomic mass is 9.47. The van der Waals surface area contributed by atoms with Gasteiger partial charge in [0.05, 0.1) is 6.10 Å². The van der Waals surface area contributed by atoms with Crippen LogP contribution in [-0.4, -0.2) is 27.1 Å². The Kier molecular flexibility index (Phi) is 7.88. The van der Waals surface area contributed by atoms with Crippen molar-refractivity contribution >= 4 is 8.32 Å². The minimum Gasteiger partial charge on any atom is -0.414 e. The van der Waals surface area contributed by atoms with Crippen molar-refractivity contribution < 1.29 is 9.16 Å². The maximum absolute atomic E-state index is 6.93. The number of ether oxygens (including phenoxy) is 1. The highest BCUT2D eigenvalue weighted by atomic mass is 28.4. The fourth-order valence-corrected chi connectivity index (χ4v) is 10.1. The van der Waals surface area contributed by atoms with E-state index in [0.717, 1.165) is 36.2 Å². The third-order valence-corrected chi connectivity index (χ3v) is 16.6. The zero-order chi connectivity index (χ0) is 25.8. The SMILES string of the molecule is CC(C)CCOC(C)[C@H]1CC[C@H]2[C@@H]3CC=C4C[C@@H](O[Si](C)(C)C(C)(C)C)CC[C@]4(C)[C@H]3CC[C@]12C. The topological polar surface area (TPSA) is 18.5 Å². The predicted octanol–water partition coefficient (Wildman–Crippen LogP) is 9.41. The summed E-state index contributed by atoms with van der Waals surface area (Å²) in [7, 11) is -1.71. The minimum atomic E-state index is -1.71. The van der Waals surface area contributed by atoms with Crippen LogP contribution in [-0.2, 0) is 9.16 Å². The molecule has 8 atom stereocenters. The van der Waals surface area contributed by atoms with Gasteiger partial charge in [0.1, 0.15) is 0 Å². The van der Waals surface area contributed by atoms with E-state index in [4.69, 9.17) is 9.16 Å². The van der Waals surface area contributed by atoms with Gasteiger partial charge >= 0.3 is 0 Å². The Morgan fingerprint density at radius 1 is 1.00 bits per heavy atom. The van der Waals surface area contributed by atoms with Gasteiger partial charge in [-0.3, -0.25) is 0 Å². The Hall–Kier alpha value is -0.123. The van der Waals surface area contributed by atoms with Gasteiger partial charge in [-0.1, -0.05) is 60.1 Å². The lowest BCUT2D eigenvalue weighted by molar-refractivity contribution is -0.0815. The van der Waals surface area contributed by atoms with Crippen molar-refractivity contribution in [1.29, 1.82) is 0 Å². The van der Waals surface area contributed by atoms with Crippen LogP contribution in [0.5, 0.6) is 0 Å². The highest BCUT2D eigenvalue weighted by Gasteiger charge is 2.59. The van der Waals surface area contributed by atoms with Crippen molar-refractivity contribution in [2.24, 2.45) is 40.4 Å². The van der Waals surface area contributed by atoms with Gasteiger partial charge in [0.15, 0.2) is 8.32 Å². The number of allylic oxidation sites excluding steroid dienone is 1. The number of fused-ring (bicyclic) bond motifs is 5. The van der Waals surface area contributed by atoms with Crippen LogP contribution in [0.2, 0.25) is 18.1 Å². The average Bonchev–Trinajstić information content (AvgIpc) is 3.10. The summed E-state index contributed by atoms with van der Waals surface area (Å²) in [6.45, 7) is 25.2. The van der Waals surface area contributed by atoms with Gasteiger partial charge < -0.3 is 9.16 Å². The zero-order valence-electron chi connectivity index (χ0n) is 25.0. The molecule has 4 aliphatic carbocycles. The first-order valence-electron chi connectivity index (χ1n) is 15.2. The fraction of sp³-hybridized carbons (Fsp3) is 0.938. The lowest BCUT2D eigenvalue weighted by Gasteiger charge is -2.58. The number of hydrogen-bond donors (Lipinski definition) is 0. The van der Waals surface area contributed by atoms with E-state index < -0.39 is 8.32 Å². The van der Waals surface area contributed by atoms with Gasteiger partial charge in [0, 0.05) is 12.7 Å². The normalized spacial score (nSPS) is 40.7. The summed E-state index contributed by atoms with van der Waals surface area (Å²) >= 11 is 0. The lowest BCUT2D eigenvalue weighted by Crippen LogP contribution is -2.52. The largest absolute Gasteiger partial charge is 0.414 e. The molecule has 0 aliphatic heterocycles. The van der Waals surface area contributed by atoms with Crippen molar-refractivity contribution in [1.82, 2.24) is 0 Å². The first-order chi connectivity index (χ1) is 16.2. The summed E-state index contributed by atoms with van der Waals surface area (Å²) in [6.07, 6.45) is 15.5. The van der Waals surface area contributed by atoms with Gasteiger partial charge in [0.25, 0.3) is 0 Å². The Labute approximate surface area is 219 Å². The molecular weight excluding hydrogens is 444 g/mol. The van der Waals surface area contributed by atoms with Crippen LogP contribution in [0.1, 0.15) is 113 Å². The maximum atomic E-state index is 6.93. The van der Waals surface area contributed by atoms with Crippen LogP contribution in [0.15, 0.2) is 11.6 Å². The molecular formula is C32H58O2Si. The van der Waals surface area contributed by atoms with Crippen molar-refractivity contribution in [3.63, 3.8) is 0 Å². The number of rotatable bonds is 7. The molecule has 0 radical (unpaired) electrons. The molecule has 0 heterocycles. The molecule has 3 fully saturated rings. The van der Waals surface area contributed by atoms with E-state index in [9.17, 15) is 0 Å². The van der Waals surface area contributed by atoms with Crippen LogP contribution in [0, 0.1) is 40.4 Å². The standard InChI is InChI=1S/C32H58O2Si/c1-22(2)17-20-33-23(3)27-13-14-28-26-12-11-24-21-25(34-35(9,10)30(4,5)6)15-18-31(24,7)29(26)16-19-32(27,28)8/h11,22-23,25-29H,12-21H2,1-10H3/t23?,25-,26-,27+,28-,29-,31-,32+/m0/s1. The molecule has 3 heteroatoms. The van der Waals surface area contributed by atoms with Crippen molar-refractivity contribution in [2.45, 2.75) is 144 Å². The fourth-order valence-electron chi connectivity index (χ4n) is 8.74. The molecule has 0 aromatic carbocycles. The molecule has 1 unspecified atom stereocenters. The number of hydrogen-bond acceptors (Lipinski definition) is 2. The molecule has 0 N–H and O–H groups in total. The quantitative estimate of drug-likeness (QED) is 0.255. The molecule has 0 saturated heterocycles. The first-order valence-corrected chi connectivity index (χ1v) is 18.1. The summed E-state index contributed by atoms with van der Waals surface area (Å²) < 4.78 is 13.4.